The Morgan fingerprint density at radius 3 is 2.41 bits per heavy atom. The number of halogens is 3. The van der Waals surface area contributed by atoms with Crippen LogP contribution in [-0.4, -0.2) is 15.9 Å². The number of pyridine rings is 2. The van der Waals surface area contributed by atoms with Crippen LogP contribution in [0.25, 0.3) is 0 Å². The van der Waals surface area contributed by atoms with Crippen LogP contribution in [0.4, 0.5) is 24.5 Å². The summed E-state index contributed by atoms with van der Waals surface area (Å²) in [4.78, 5) is 20.2. The van der Waals surface area contributed by atoms with E-state index in [0.717, 1.165) is 17.7 Å². The highest BCUT2D eigenvalue weighted by Gasteiger charge is 2.29. The van der Waals surface area contributed by atoms with E-state index in [2.05, 4.69) is 20.6 Å². The zero-order valence-electron chi connectivity index (χ0n) is 14.0. The van der Waals surface area contributed by atoms with E-state index in [1.54, 1.807) is 24.5 Å². The maximum atomic E-state index is 12.6. The summed E-state index contributed by atoms with van der Waals surface area (Å²) in [6, 6.07) is 9.80. The van der Waals surface area contributed by atoms with Gasteiger partial charge < -0.3 is 10.6 Å². The Morgan fingerprint density at radius 1 is 0.963 bits per heavy atom. The number of hydrogen-bond acceptors (Lipinski definition) is 4. The molecular formula is C19H15F3N4O. The normalized spacial score (nSPS) is 11.1. The fourth-order valence-corrected chi connectivity index (χ4v) is 2.33. The highest BCUT2D eigenvalue weighted by Crippen LogP contribution is 2.30. The predicted octanol–water partition coefficient (Wildman–Crippen LogP) is 4.17. The molecule has 2 aromatic heterocycles. The lowest BCUT2D eigenvalue weighted by molar-refractivity contribution is -0.137. The number of anilines is 2. The third-order valence-electron chi connectivity index (χ3n) is 3.68. The van der Waals surface area contributed by atoms with E-state index in [-0.39, 0.29) is 5.91 Å². The van der Waals surface area contributed by atoms with Gasteiger partial charge in [0.15, 0.2) is 0 Å². The van der Waals surface area contributed by atoms with Crippen LogP contribution in [0.2, 0.25) is 0 Å². The van der Waals surface area contributed by atoms with Crippen LogP contribution < -0.4 is 10.6 Å². The van der Waals surface area contributed by atoms with Crippen LogP contribution in [0.3, 0.4) is 0 Å². The molecule has 0 fully saturated rings. The number of rotatable bonds is 5. The number of alkyl halides is 3. The second-order valence-corrected chi connectivity index (χ2v) is 5.71. The number of benzene rings is 1. The van der Waals surface area contributed by atoms with Gasteiger partial charge in [-0.05, 0) is 42.0 Å². The van der Waals surface area contributed by atoms with Gasteiger partial charge in [0.05, 0.1) is 23.0 Å². The Kier molecular flexibility index (Phi) is 5.35. The monoisotopic (exact) mass is 372 g/mol. The Morgan fingerprint density at radius 2 is 1.74 bits per heavy atom. The zero-order valence-corrected chi connectivity index (χ0v) is 14.0. The number of hydrogen-bond donors (Lipinski definition) is 2. The molecule has 2 heterocycles. The van der Waals surface area contributed by atoms with E-state index in [9.17, 15) is 18.0 Å². The quantitative estimate of drug-likeness (QED) is 0.706. The standard InChI is InChI=1S/C19H15F3N4O/c20-19(21,22)15-3-5-16(6-4-15)26-17-8-14(11-24-12-17)18(27)25-10-13-2-1-7-23-9-13/h1-9,11-12,26H,10H2,(H,25,27). The summed E-state index contributed by atoms with van der Waals surface area (Å²) in [7, 11) is 0. The number of aromatic nitrogens is 2. The number of amides is 1. The molecule has 0 unspecified atom stereocenters. The van der Waals surface area contributed by atoms with Crippen LogP contribution in [0.15, 0.2) is 67.3 Å². The lowest BCUT2D eigenvalue weighted by Gasteiger charge is -2.10. The largest absolute Gasteiger partial charge is 0.416 e. The van der Waals surface area contributed by atoms with Crippen LogP contribution in [0.5, 0.6) is 0 Å². The van der Waals surface area contributed by atoms with Crippen molar-refractivity contribution < 1.29 is 18.0 Å². The van der Waals surface area contributed by atoms with Crippen molar-refractivity contribution in [1.29, 1.82) is 0 Å². The molecule has 27 heavy (non-hydrogen) atoms. The molecule has 2 N–H and O–H groups in total. The van der Waals surface area contributed by atoms with Gasteiger partial charge in [-0.3, -0.25) is 14.8 Å². The first-order valence-corrected chi connectivity index (χ1v) is 7.98. The van der Waals surface area contributed by atoms with Crippen molar-refractivity contribution in [3.05, 3.63) is 83.9 Å². The first kappa shape index (κ1) is 18.4. The Labute approximate surface area is 153 Å². The van der Waals surface area contributed by atoms with E-state index in [1.807, 2.05) is 6.07 Å². The van der Waals surface area contributed by atoms with Gasteiger partial charge >= 0.3 is 6.18 Å². The second kappa shape index (κ2) is 7.86. The van der Waals surface area contributed by atoms with E-state index in [0.29, 0.717) is 23.5 Å². The van der Waals surface area contributed by atoms with Gasteiger partial charge in [0.1, 0.15) is 0 Å². The SMILES string of the molecule is O=C(NCc1cccnc1)c1cncc(Nc2ccc(C(F)(F)F)cc2)c1. The van der Waals surface area contributed by atoms with Gasteiger partial charge in [-0.25, -0.2) is 0 Å². The summed E-state index contributed by atoms with van der Waals surface area (Å²) in [6.07, 6.45) is 1.81. The fourth-order valence-electron chi connectivity index (χ4n) is 2.33. The summed E-state index contributed by atoms with van der Waals surface area (Å²) in [6.45, 7) is 0.323. The van der Waals surface area contributed by atoms with Crippen LogP contribution >= 0.6 is 0 Å². The number of nitrogens with zero attached hydrogens (tertiary/aromatic N) is 2. The molecule has 0 bridgehead atoms. The molecule has 3 rings (SSSR count). The third-order valence-corrected chi connectivity index (χ3v) is 3.68. The highest BCUT2D eigenvalue weighted by molar-refractivity contribution is 5.94. The molecule has 138 valence electrons. The van der Waals surface area contributed by atoms with Crippen LogP contribution in [-0.2, 0) is 12.7 Å². The Bertz CT molecular complexity index is 912. The summed E-state index contributed by atoms with van der Waals surface area (Å²) in [5.74, 6) is -0.317. The number of nitrogens with one attached hydrogen (secondary N) is 2. The van der Waals surface area contributed by atoms with Crippen molar-refractivity contribution in [2.45, 2.75) is 12.7 Å². The number of carbonyl (C=O) groups excluding carboxylic acids is 1. The molecule has 0 saturated carbocycles. The Balaban J connectivity index is 1.65. The summed E-state index contributed by atoms with van der Waals surface area (Å²) < 4.78 is 37.8. The Hall–Kier alpha value is -3.42. The first-order valence-electron chi connectivity index (χ1n) is 7.98. The molecule has 1 amide bonds. The van der Waals surface area contributed by atoms with Gasteiger partial charge in [0.25, 0.3) is 5.91 Å². The molecule has 3 aromatic rings. The van der Waals surface area contributed by atoms with Crippen molar-refractivity contribution in [3.8, 4) is 0 Å². The second-order valence-electron chi connectivity index (χ2n) is 5.71. The van der Waals surface area contributed by atoms with Gasteiger partial charge in [0.2, 0.25) is 0 Å². The minimum atomic E-state index is -4.38. The molecule has 8 heteroatoms. The van der Waals surface area contributed by atoms with Gasteiger partial charge in [-0.1, -0.05) is 6.07 Å². The zero-order chi connectivity index (χ0) is 19.3. The molecule has 0 aliphatic rings. The van der Waals surface area contributed by atoms with E-state index < -0.39 is 11.7 Å². The summed E-state index contributed by atoms with van der Waals surface area (Å²) >= 11 is 0. The highest BCUT2D eigenvalue weighted by atomic mass is 19.4. The summed E-state index contributed by atoms with van der Waals surface area (Å²) in [5.41, 5.74) is 1.41. The maximum absolute atomic E-state index is 12.6. The van der Waals surface area contributed by atoms with Gasteiger partial charge in [-0.2, -0.15) is 13.2 Å². The molecule has 0 saturated heterocycles. The smallest absolute Gasteiger partial charge is 0.354 e. The molecule has 0 atom stereocenters. The van der Waals surface area contributed by atoms with Gasteiger partial charge in [0, 0.05) is 30.8 Å². The lowest BCUT2D eigenvalue weighted by atomic mass is 10.2. The molecule has 0 radical (unpaired) electrons. The average molecular weight is 372 g/mol. The van der Waals surface area contributed by atoms with Crippen LogP contribution in [0.1, 0.15) is 21.5 Å². The molecule has 0 aliphatic heterocycles. The van der Waals surface area contributed by atoms with E-state index >= 15 is 0 Å². The van der Waals surface area contributed by atoms with E-state index in [4.69, 9.17) is 0 Å². The van der Waals surface area contributed by atoms with E-state index in [1.165, 1.54) is 24.5 Å². The average Bonchev–Trinajstić information content (AvgIpc) is 2.67. The number of carbonyl (C=O) groups is 1. The molecule has 1 aromatic carbocycles. The minimum Gasteiger partial charge on any atom is -0.354 e. The first-order chi connectivity index (χ1) is 12.9. The lowest BCUT2D eigenvalue weighted by Crippen LogP contribution is -2.23. The van der Waals surface area contributed by atoms with Crippen molar-refractivity contribution >= 4 is 17.3 Å². The minimum absolute atomic E-state index is 0.317. The molecule has 0 aliphatic carbocycles. The fraction of sp³-hybridized carbons (Fsp3) is 0.105. The van der Waals surface area contributed by atoms with Gasteiger partial charge in [-0.15, -0.1) is 0 Å². The van der Waals surface area contributed by atoms with Crippen molar-refractivity contribution in [2.75, 3.05) is 5.32 Å². The third kappa shape index (κ3) is 5.04. The topological polar surface area (TPSA) is 66.9 Å². The molecule has 0 spiro atoms. The molecule has 5 nitrogen and oxygen atoms in total. The molecular weight excluding hydrogens is 357 g/mol. The van der Waals surface area contributed by atoms with Crippen molar-refractivity contribution in [1.82, 2.24) is 15.3 Å². The maximum Gasteiger partial charge on any atom is 0.416 e. The predicted molar refractivity (Wildman–Crippen MR) is 94.4 cm³/mol. The summed E-state index contributed by atoms with van der Waals surface area (Å²) in [5, 5.41) is 5.69. The van der Waals surface area contributed by atoms with Crippen molar-refractivity contribution in [2.24, 2.45) is 0 Å². The van der Waals surface area contributed by atoms with Crippen LogP contribution in [0, 0.1) is 0 Å². The van der Waals surface area contributed by atoms with Crippen molar-refractivity contribution in [3.63, 3.8) is 0 Å².